The molecule has 30 heavy (non-hydrogen) atoms. The summed E-state index contributed by atoms with van der Waals surface area (Å²) in [7, 11) is 0. The zero-order chi connectivity index (χ0) is 20.0. The molecule has 7 nitrogen and oxygen atoms in total. The molecule has 3 aromatic heterocycles. The van der Waals surface area contributed by atoms with E-state index in [0.717, 1.165) is 47.4 Å². The smallest absolute Gasteiger partial charge is 0.138 e. The first-order valence-electron chi connectivity index (χ1n) is 10.0. The topological polar surface area (TPSA) is 86.7 Å². The van der Waals surface area contributed by atoms with E-state index in [9.17, 15) is 10.4 Å². The minimum absolute atomic E-state index is 0. The highest BCUT2D eigenvalue weighted by atomic mass is 16.5. The van der Waals surface area contributed by atoms with Crippen molar-refractivity contribution in [1.29, 1.82) is 5.26 Å². The van der Waals surface area contributed by atoms with Gasteiger partial charge in [0.2, 0.25) is 0 Å². The monoisotopic (exact) mass is 405 g/mol. The SMILES string of the molecule is C.C[C@H](O)COc1cc(-c2ccc(N3CC4CC(C4)C3)nc2)c2c(C#N)cnn2c1. The number of aliphatic hydroxyl groups excluding tert-OH is 1. The van der Waals surface area contributed by atoms with E-state index in [-0.39, 0.29) is 14.0 Å². The molecule has 1 N–H and O–H groups in total. The number of pyridine rings is 2. The van der Waals surface area contributed by atoms with Gasteiger partial charge in [0.25, 0.3) is 0 Å². The number of hydrogen-bond donors (Lipinski definition) is 1. The van der Waals surface area contributed by atoms with E-state index in [1.165, 1.54) is 12.8 Å². The van der Waals surface area contributed by atoms with Gasteiger partial charge in [-0.2, -0.15) is 10.4 Å². The average Bonchev–Trinajstić information content (AvgIpc) is 3.14. The Balaban J connectivity index is 0.00000218. The minimum atomic E-state index is -0.571. The minimum Gasteiger partial charge on any atom is -0.489 e. The maximum Gasteiger partial charge on any atom is 0.138 e. The second-order valence-corrected chi connectivity index (χ2v) is 8.23. The van der Waals surface area contributed by atoms with Crippen LogP contribution >= 0.6 is 0 Å². The number of piperidine rings is 2. The lowest BCUT2D eigenvalue weighted by molar-refractivity contribution is 0.122. The number of ether oxygens (including phenoxy) is 1. The first kappa shape index (κ1) is 20.2. The van der Waals surface area contributed by atoms with Gasteiger partial charge in [0, 0.05) is 30.4 Å². The summed E-state index contributed by atoms with van der Waals surface area (Å²) >= 11 is 0. The van der Waals surface area contributed by atoms with Crippen molar-refractivity contribution in [2.45, 2.75) is 33.3 Å². The largest absolute Gasteiger partial charge is 0.489 e. The molecular formula is C23H27N5O2. The van der Waals surface area contributed by atoms with Crippen molar-refractivity contribution in [3.63, 3.8) is 0 Å². The number of fused-ring (bicyclic) bond motifs is 3. The van der Waals surface area contributed by atoms with Crippen LogP contribution in [0.4, 0.5) is 5.82 Å². The Kier molecular flexibility index (Phi) is 5.35. The zero-order valence-corrected chi connectivity index (χ0v) is 16.3. The van der Waals surface area contributed by atoms with Gasteiger partial charge < -0.3 is 14.7 Å². The number of anilines is 1. The molecule has 2 bridgehead atoms. The molecule has 2 saturated heterocycles. The Morgan fingerprint density at radius 2 is 2.03 bits per heavy atom. The van der Waals surface area contributed by atoms with E-state index in [0.29, 0.717) is 11.3 Å². The Labute approximate surface area is 176 Å². The van der Waals surface area contributed by atoms with Crippen molar-refractivity contribution in [3.8, 4) is 22.9 Å². The predicted octanol–water partition coefficient (Wildman–Crippen LogP) is 3.51. The molecule has 156 valence electrons. The van der Waals surface area contributed by atoms with Gasteiger partial charge in [0.15, 0.2) is 0 Å². The summed E-state index contributed by atoms with van der Waals surface area (Å²) < 4.78 is 7.34. The summed E-state index contributed by atoms with van der Waals surface area (Å²) in [4.78, 5) is 7.10. The molecule has 0 radical (unpaired) electrons. The zero-order valence-electron chi connectivity index (χ0n) is 16.3. The van der Waals surface area contributed by atoms with Gasteiger partial charge in [-0.15, -0.1) is 0 Å². The Hall–Kier alpha value is -3.11. The van der Waals surface area contributed by atoms with Gasteiger partial charge in [-0.3, -0.25) is 0 Å². The number of aromatic nitrogens is 3. The van der Waals surface area contributed by atoms with Crippen LogP contribution in [0.2, 0.25) is 0 Å². The average molecular weight is 406 g/mol. The van der Waals surface area contributed by atoms with Crippen LogP contribution in [0.25, 0.3) is 16.6 Å². The molecule has 3 fully saturated rings. The van der Waals surface area contributed by atoms with Gasteiger partial charge >= 0.3 is 0 Å². The third-order valence-corrected chi connectivity index (χ3v) is 5.87. The molecule has 7 heteroatoms. The summed E-state index contributed by atoms with van der Waals surface area (Å²) in [5, 5.41) is 23.3. The second kappa shape index (κ2) is 7.96. The van der Waals surface area contributed by atoms with Crippen molar-refractivity contribution < 1.29 is 9.84 Å². The molecule has 3 aromatic rings. The number of aliphatic hydroxyl groups is 1. The predicted molar refractivity (Wildman–Crippen MR) is 115 cm³/mol. The molecule has 0 amide bonds. The molecular weight excluding hydrogens is 378 g/mol. The van der Waals surface area contributed by atoms with Gasteiger partial charge in [-0.25, -0.2) is 9.50 Å². The van der Waals surface area contributed by atoms with Crippen LogP contribution < -0.4 is 9.64 Å². The number of rotatable bonds is 5. The van der Waals surface area contributed by atoms with E-state index in [4.69, 9.17) is 9.72 Å². The van der Waals surface area contributed by atoms with Crippen LogP contribution in [0, 0.1) is 23.2 Å². The third kappa shape index (κ3) is 3.59. The normalized spacial score (nSPS) is 20.8. The van der Waals surface area contributed by atoms with Crippen LogP contribution in [-0.2, 0) is 0 Å². The van der Waals surface area contributed by atoms with E-state index >= 15 is 0 Å². The summed E-state index contributed by atoms with van der Waals surface area (Å²) in [6, 6.07) is 8.20. The Morgan fingerprint density at radius 3 is 2.67 bits per heavy atom. The van der Waals surface area contributed by atoms with Gasteiger partial charge in [0.1, 0.15) is 24.2 Å². The Bertz CT molecular complexity index is 1070. The fraction of sp³-hybridized carbons (Fsp3) is 0.435. The van der Waals surface area contributed by atoms with Crippen molar-refractivity contribution in [2.24, 2.45) is 11.8 Å². The van der Waals surface area contributed by atoms with Crippen LogP contribution in [-0.4, -0.2) is 45.5 Å². The molecule has 1 aliphatic carbocycles. The number of hydrogen-bond acceptors (Lipinski definition) is 6. The highest BCUT2D eigenvalue weighted by Crippen LogP contribution is 2.41. The molecule has 0 spiro atoms. The first-order valence-corrected chi connectivity index (χ1v) is 10.0. The molecule has 0 unspecified atom stereocenters. The number of nitrogens with zero attached hydrogens (tertiary/aromatic N) is 5. The first-order chi connectivity index (χ1) is 14.1. The van der Waals surface area contributed by atoms with Crippen LogP contribution in [0.5, 0.6) is 5.75 Å². The van der Waals surface area contributed by atoms with E-state index < -0.39 is 6.10 Å². The van der Waals surface area contributed by atoms with Gasteiger partial charge in [-0.05, 0) is 49.8 Å². The van der Waals surface area contributed by atoms with E-state index in [1.807, 2.05) is 18.3 Å². The van der Waals surface area contributed by atoms with E-state index in [2.05, 4.69) is 22.1 Å². The fourth-order valence-electron chi connectivity index (χ4n) is 4.48. The van der Waals surface area contributed by atoms with E-state index in [1.54, 1.807) is 23.8 Å². The molecule has 5 heterocycles. The lowest BCUT2D eigenvalue weighted by Crippen LogP contribution is -2.48. The Morgan fingerprint density at radius 1 is 1.27 bits per heavy atom. The summed E-state index contributed by atoms with van der Waals surface area (Å²) in [5.41, 5.74) is 2.97. The lowest BCUT2D eigenvalue weighted by atomic mass is 9.71. The highest BCUT2D eigenvalue weighted by molar-refractivity contribution is 5.85. The molecule has 3 aliphatic rings. The third-order valence-electron chi connectivity index (χ3n) is 5.87. The molecule has 2 aliphatic heterocycles. The lowest BCUT2D eigenvalue weighted by Gasteiger charge is -2.47. The van der Waals surface area contributed by atoms with Crippen LogP contribution in [0.1, 0.15) is 32.8 Å². The number of nitriles is 1. The molecule has 1 saturated carbocycles. The van der Waals surface area contributed by atoms with Crippen LogP contribution in [0.15, 0.2) is 36.8 Å². The van der Waals surface area contributed by atoms with Crippen molar-refractivity contribution in [3.05, 3.63) is 42.4 Å². The van der Waals surface area contributed by atoms with Crippen LogP contribution in [0.3, 0.4) is 0 Å². The molecule has 1 atom stereocenters. The summed E-state index contributed by atoms with van der Waals surface area (Å²) in [6.45, 7) is 4.05. The molecule has 6 rings (SSSR count). The molecule has 0 aromatic carbocycles. The highest BCUT2D eigenvalue weighted by Gasteiger charge is 2.37. The van der Waals surface area contributed by atoms with Crippen molar-refractivity contribution in [2.75, 3.05) is 24.6 Å². The summed E-state index contributed by atoms with van der Waals surface area (Å²) in [5.74, 6) is 3.24. The summed E-state index contributed by atoms with van der Waals surface area (Å²) in [6.07, 6.45) is 7.30. The van der Waals surface area contributed by atoms with Crippen molar-refractivity contribution in [1.82, 2.24) is 14.6 Å². The maximum atomic E-state index is 9.53. The van der Waals surface area contributed by atoms with Gasteiger partial charge in [0.05, 0.1) is 29.6 Å². The quantitative estimate of drug-likeness (QED) is 0.699. The maximum absolute atomic E-state index is 9.53. The van der Waals surface area contributed by atoms with Crippen molar-refractivity contribution >= 4 is 11.3 Å². The fourth-order valence-corrected chi connectivity index (χ4v) is 4.48. The standard InChI is InChI=1S/C22H23N5O2.CH4/c1-14(28)13-29-19-6-20(22-18(7-23)9-25-27(22)12-19)17-2-3-21(24-8-17)26-10-15-4-16(5-15)11-26;/h2-3,6,8-9,12,14-16,28H,4-5,10-11,13H2,1H3;1H4/t14-,15?,16?;/m0./s1. The second-order valence-electron chi connectivity index (χ2n) is 8.23. The van der Waals surface area contributed by atoms with Gasteiger partial charge in [-0.1, -0.05) is 7.43 Å².